The van der Waals surface area contributed by atoms with Gasteiger partial charge in [-0.05, 0) is 12.1 Å². The molecule has 1 amide bonds. The first-order valence-corrected chi connectivity index (χ1v) is 10.1. The van der Waals surface area contributed by atoms with Crippen LogP contribution in [0.3, 0.4) is 0 Å². The van der Waals surface area contributed by atoms with Crippen LogP contribution in [0.4, 0.5) is 5.82 Å². The number of hydrogen-bond donors (Lipinski definition) is 1. The van der Waals surface area contributed by atoms with E-state index in [-0.39, 0.29) is 11.5 Å². The van der Waals surface area contributed by atoms with Gasteiger partial charge in [0.25, 0.3) is 5.56 Å². The normalized spacial score (nSPS) is 15.8. The first kappa shape index (κ1) is 19.0. The lowest BCUT2D eigenvalue weighted by molar-refractivity contribution is -0.117. The van der Waals surface area contributed by atoms with Crippen LogP contribution in [-0.2, 0) is 11.3 Å². The van der Waals surface area contributed by atoms with Gasteiger partial charge < -0.3 is 5.32 Å². The second-order valence-corrected chi connectivity index (χ2v) is 7.91. The first-order chi connectivity index (χ1) is 13.6. The van der Waals surface area contributed by atoms with Crippen LogP contribution in [0.5, 0.6) is 0 Å². The van der Waals surface area contributed by atoms with E-state index in [1.165, 1.54) is 17.5 Å². The summed E-state index contributed by atoms with van der Waals surface area (Å²) in [4.78, 5) is 38.0. The molecule has 1 aliphatic heterocycles. The van der Waals surface area contributed by atoms with E-state index in [1.54, 1.807) is 28.8 Å². The first-order valence-electron chi connectivity index (χ1n) is 8.89. The molecule has 1 fully saturated rings. The zero-order valence-corrected chi connectivity index (χ0v) is 16.6. The Morgan fingerprint density at radius 3 is 2.75 bits per heavy atom. The molecule has 0 radical (unpaired) electrons. The SMILES string of the molecule is O=C(CN1CCN(Cc2cc(=O)n3ccsc3n2)CC1)Nc1ccc(Cl)cn1. The average Bonchev–Trinajstić information content (AvgIpc) is 3.14. The van der Waals surface area contributed by atoms with E-state index in [1.807, 2.05) is 5.38 Å². The molecular weight excluding hydrogens is 400 g/mol. The lowest BCUT2D eigenvalue weighted by Gasteiger charge is -2.33. The molecule has 0 atom stereocenters. The van der Waals surface area contributed by atoms with Gasteiger partial charge in [-0.25, -0.2) is 9.97 Å². The van der Waals surface area contributed by atoms with Crippen molar-refractivity contribution in [3.63, 3.8) is 0 Å². The van der Waals surface area contributed by atoms with E-state index in [2.05, 4.69) is 25.1 Å². The van der Waals surface area contributed by atoms with Gasteiger partial charge in [-0.1, -0.05) is 11.6 Å². The maximum absolute atomic E-state index is 12.2. The van der Waals surface area contributed by atoms with Crippen LogP contribution >= 0.6 is 22.9 Å². The summed E-state index contributed by atoms with van der Waals surface area (Å²) >= 11 is 7.25. The molecule has 146 valence electrons. The van der Waals surface area contributed by atoms with Crippen LogP contribution < -0.4 is 10.9 Å². The molecule has 0 unspecified atom stereocenters. The molecule has 0 bridgehead atoms. The van der Waals surface area contributed by atoms with Crippen molar-refractivity contribution in [1.82, 2.24) is 24.2 Å². The quantitative estimate of drug-likeness (QED) is 0.677. The van der Waals surface area contributed by atoms with E-state index >= 15 is 0 Å². The van der Waals surface area contributed by atoms with Crippen LogP contribution in [0.2, 0.25) is 5.02 Å². The molecule has 4 heterocycles. The Morgan fingerprint density at radius 1 is 1.21 bits per heavy atom. The minimum atomic E-state index is -0.0962. The van der Waals surface area contributed by atoms with Crippen LogP contribution in [0, 0.1) is 0 Å². The number of aromatic nitrogens is 3. The molecule has 3 aromatic rings. The van der Waals surface area contributed by atoms with Gasteiger partial charge in [0.15, 0.2) is 4.96 Å². The Balaban J connectivity index is 1.27. The van der Waals surface area contributed by atoms with Gasteiger partial charge in [0, 0.05) is 56.6 Å². The van der Waals surface area contributed by atoms with Crippen LogP contribution in [0.15, 0.2) is 40.8 Å². The summed E-state index contributed by atoms with van der Waals surface area (Å²) in [5, 5.41) is 5.17. The fourth-order valence-electron chi connectivity index (χ4n) is 3.14. The third kappa shape index (κ3) is 4.56. The van der Waals surface area contributed by atoms with Crippen molar-refractivity contribution in [1.29, 1.82) is 0 Å². The smallest absolute Gasteiger partial charge is 0.258 e. The summed E-state index contributed by atoms with van der Waals surface area (Å²) in [7, 11) is 0. The van der Waals surface area contributed by atoms with Crippen molar-refractivity contribution in [2.75, 3.05) is 38.0 Å². The summed E-state index contributed by atoms with van der Waals surface area (Å²) in [5.41, 5.74) is 0.736. The zero-order chi connectivity index (χ0) is 19.5. The highest BCUT2D eigenvalue weighted by Crippen LogP contribution is 2.11. The van der Waals surface area contributed by atoms with Gasteiger partial charge >= 0.3 is 0 Å². The van der Waals surface area contributed by atoms with E-state index in [0.29, 0.717) is 28.9 Å². The highest BCUT2D eigenvalue weighted by molar-refractivity contribution is 7.15. The molecular formula is C18H19ClN6O2S. The van der Waals surface area contributed by atoms with Crippen LogP contribution in [0.1, 0.15) is 5.69 Å². The number of hydrogen-bond acceptors (Lipinski definition) is 7. The number of pyridine rings is 1. The van der Waals surface area contributed by atoms with Gasteiger partial charge in [-0.2, -0.15) is 0 Å². The molecule has 8 nitrogen and oxygen atoms in total. The monoisotopic (exact) mass is 418 g/mol. The third-order valence-corrected chi connectivity index (χ3v) is 5.55. The molecule has 0 aliphatic carbocycles. The second-order valence-electron chi connectivity index (χ2n) is 6.60. The molecule has 0 spiro atoms. The fourth-order valence-corrected chi connectivity index (χ4v) is 3.99. The van der Waals surface area contributed by atoms with Crippen molar-refractivity contribution in [2.45, 2.75) is 6.54 Å². The molecule has 28 heavy (non-hydrogen) atoms. The Morgan fingerprint density at radius 2 is 2.00 bits per heavy atom. The highest BCUT2D eigenvalue weighted by Gasteiger charge is 2.20. The second kappa shape index (κ2) is 8.36. The van der Waals surface area contributed by atoms with E-state index in [0.717, 1.165) is 31.9 Å². The summed E-state index contributed by atoms with van der Waals surface area (Å²) in [6.45, 7) is 4.15. The van der Waals surface area contributed by atoms with Gasteiger partial charge in [-0.3, -0.25) is 23.8 Å². The minimum absolute atomic E-state index is 0.0487. The molecule has 1 N–H and O–H groups in total. The summed E-state index contributed by atoms with van der Waals surface area (Å²) < 4.78 is 1.56. The van der Waals surface area contributed by atoms with Crippen molar-refractivity contribution < 1.29 is 4.79 Å². The molecule has 3 aromatic heterocycles. The number of fused-ring (bicyclic) bond motifs is 1. The molecule has 4 rings (SSSR count). The van der Waals surface area contributed by atoms with Crippen molar-refractivity contribution in [3.8, 4) is 0 Å². The lowest BCUT2D eigenvalue weighted by atomic mass is 10.2. The standard InChI is InChI=1S/C18H19ClN6O2S/c19-13-1-2-15(20-10-13)22-16(26)12-24-5-3-23(4-6-24)11-14-9-17(27)25-7-8-28-18(25)21-14/h1-2,7-10H,3-6,11-12H2,(H,20,22,26). The minimum Gasteiger partial charge on any atom is -0.310 e. The zero-order valence-electron chi connectivity index (χ0n) is 15.0. The Labute approximate surface area is 170 Å². The fraction of sp³-hybridized carbons (Fsp3) is 0.333. The van der Waals surface area contributed by atoms with Crippen molar-refractivity contribution in [3.05, 3.63) is 57.0 Å². The number of carbonyl (C=O) groups is 1. The van der Waals surface area contributed by atoms with Crippen LogP contribution in [0.25, 0.3) is 4.96 Å². The highest BCUT2D eigenvalue weighted by atomic mass is 35.5. The Kier molecular flexibility index (Phi) is 5.67. The van der Waals surface area contributed by atoms with Crippen molar-refractivity contribution in [2.24, 2.45) is 0 Å². The predicted octanol–water partition coefficient (Wildman–Crippen LogP) is 1.56. The van der Waals surface area contributed by atoms with Crippen LogP contribution in [-0.4, -0.2) is 62.8 Å². The number of piperazine rings is 1. The average molecular weight is 419 g/mol. The topological polar surface area (TPSA) is 82.8 Å². The summed E-state index contributed by atoms with van der Waals surface area (Å²) in [6, 6.07) is 4.97. The maximum Gasteiger partial charge on any atom is 0.258 e. The number of rotatable bonds is 5. The number of amides is 1. The van der Waals surface area contributed by atoms with Gasteiger partial charge in [-0.15, -0.1) is 11.3 Å². The molecule has 1 saturated heterocycles. The maximum atomic E-state index is 12.2. The number of thiazole rings is 1. The predicted molar refractivity (Wildman–Crippen MR) is 109 cm³/mol. The van der Waals surface area contributed by atoms with Gasteiger partial charge in [0.05, 0.1) is 17.3 Å². The molecule has 0 saturated carbocycles. The van der Waals surface area contributed by atoms with Gasteiger partial charge in [0.1, 0.15) is 5.82 Å². The number of nitrogens with one attached hydrogen (secondary N) is 1. The number of carbonyl (C=O) groups excluding carboxylic acids is 1. The Bertz CT molecular complexity index is 1030. The summed E-state index contributed by atoms with van der Waals surface area (Å²) in [5.74, 6) is 0.399. The Hall–Kier alpha value is -2.33. The van der Waals surface area contributed by atoms with E-state index in [9.17, 15) is 9.59 Å². The lowest BCUT2D eigenvalue weighted by Crippen LogP contribution is -2.48. The number of nitrogens with zero attached hydrogens (tertiary/aromatic N) is 5. The van der Waals surface area contributed by atoms with Crippen molar-refractivity contribution >= 4 is 39.6 Å². The van der Waals surface area contributed by atoms with Gasteiger partial charge in [0.2, 0.25) is 5.91 Å². The largest absolute Gasteiger partial charge is 0.310 e. The third-order valence-electron chi connectivity index (χ3n) is 4.57. The molecule has 10 heteroatoms. The van der Waals surface area contributed by atoms with E-state index in [4.69, 9.17) is 11.6 Å². The molecule has 0 aromatic carbocycles. The van der Waals surface area contributed by atoms with E-state index < -0.39 is 0 Å². The number of halogens is 1. The molecule has 1 aliphatic rings. The summed E-state index contributed by atoms with van der Waals surface area (Å²) in [6.07, 6.45) is 3.24. The number of anilines is 1.